The first-order valence-corrected chi connectivity index (χ1v) is 8.93. The number of hydrogen-bond acceptors (Lipinski definition) is 5. The van der Waals surface area contributed by atoms with Crippen LogP contribution in [0.4, 0.5) is 4.79 Å². The lowest BCUT2D eigenvalue weighted by Gasteiger charge is -2.21. The number of alkyl halides is 4. The summed E-state index contributed by atoms with van der Waals surface area (Å²) in [6, 6.07) is 0. The van der Waals surface area contributed by atoms with E-state index in [2.05, 4.69) is 0 Å². The average Bonchev–Trinajstić information content (AvgIpc) is 2.15. The van der Waals surface area contributed by atoms with Crippen molar-refractivity contribution in [1.29, 1.82) is 0 Å². The molecule has 11 heteroatoms. The maximum Gasteiger partial charge on any atom is 0.424 e. The molecule has 0 heterocycles. The van der Waals surface area contributed by atoms with Gasteiger partial charge in [0.05, 0.1) is 6.26 Å². The van der Waals surface area contributed by atoms with E-state index < -0.39 is 24.6 Å². The van der Waals surface area contributed by atoms with Crippen LogP contribution >= 0.6 is 58.2 Å². The molecule has 0 radical (unpaired) electrons. The van der Waals surface area contributed by atoms with Gasteiger partial charge in [-0.05, 0) is 6.92 Å². The van der Waals surface area contributed by atoms with Crippen molar-refractivity contribution in [2.45, 2.75) is 15.4 Å². The smallest absolute Gasteiger partial charge is 0.424 e. The predicted molar refractivity (Wildman–Crippen MR) is 76.1 cm³/mol. The lowest BCUT2D eigenvalue weighted by molar-refractivity contribution is 0.145. The summed E-state index contributed by atoms with van der Waals surface area (Å²) in [6.45, 7) is 1.46. The van der Waals surface area contributed by atoms with E-state index in [0.29, 0.717) is 4.31 Å². The molecule has 0 saturated carbocycles. The summed E-state index contributed by atoms with van der Waals surface area (Å²) < 4.78 is 26.1. The van der Waals surface area contributed by atoms with Crippen molar-refractivity contribution in [3.8, 4) is 0 Å². The highest BCUT2D eigenvalue weighted by molar-refractivity contribution is 8.03. The Kier molecular flexibility index (Phi) is 7.80. The van der Waals surface area contributed by atoms with E-state index in [9.17, 15) is 13.2 Å². The number of nitrogens with zero attached hydrogens (tertiary/aromatic N) is 1. The Labute approximate surface area is 130 Å². The molecule has 0 saturated heterocycles. The van der Waals surface area contributed by atoms with Gasteiger partial charge >= 0.3 is 6.09 Å². The molecule has 1 amide bonds. The average molecular weight is 379 g/mol. The van der Waals surface area contributed by atoms with E-state index in [0.717, 1.165) is 18.0 Å². The first-order chi connectivity index (χ1) is 8.02. The molecule has 0 aromatic rings. The number of rotatable bonds is 6. The Bertz CT molecular complexity index is 387. The minimum atomic E-state index is -3.67. The molecule has 0 bridgehead atoms. The first kappa shape index (κ1) is 18.7. The summed E-state index contributed by atoms with van der Waals surface area (Å²) in [7, 11) is -3.67. The molecule has 0 fully saturated rings. The van der Waals surface area contributed by atoms with Crippen LogP contribution in [0.25, 0.3) is 0 Å². The number of amides is 1. The topological polar surface area (TPSA) is 63.7 Å². The normalized spacial score (nSPS) is 12.6. The van der Waals surface area contributed by atoms with Gasteiger partial charge in [0, 0.05) is 6.54 Å². The SMILES string of the molecule is CCN(C(=O)OCSC(Cl)(Cl)C(Cl)Cl)S(C)(=O)=O. The Morgan fingerprint density at radius 3 is 2.28 bits per heavy atom. The maximum atomic E-state index is 11.4. The summed E-state index contributed by atoms with van der Waals surface area (Å²) >= 11 is 23.1. The summed E-state index contributed by atoms with van der Waals surface area (Å²) in [4.78, 5) is 10.3. The molecule has 0 unspecified atom stereocenters. The number of sulfonamides is 1. The van der Waals surface area contributed by atoms with Gasteiger partial charge in [-0.25, -0.2) is 17.5 Å². The van der Waals surface area contributed by atoms with Crippen LogP contribution in [-0.4, -0.2) is 46.1 Å². The second-order valence-corrected chi connectivity index (χ2v) is 8.97. The molecule has 0 rings (SSSR count). The minimum Gasteiger partial charge on any atom is -0.438 e. The molecule has 0 aromatic heterocycles. The molecule has 108 valence electrons. The summed E-state index contributed by atoms with van der Waals surface area (Å²) in [6.07, 6.45) is -0.122. The molecule has 18 heavy (non-hydrogen) atoms. The molecular weight excluding hydrogens is 368 g/mol. The van der Waals surface area contributed by atoms with E-state index in [-0.39, 0.29) is 12.5 Å². The van der Waals surface area contributed by atoms with Crippen molar-refractivity contribution >= 4 is 74.3 Å². The van der Waals surface area contributed by atoms with E-state index in [4.69, 9.17) is 51.1 Å². The van der Waals surface area contributed by atoms with Gasteiger partial charge in [0.2, 0.25) is 10.0 Å². The molecule has 0 aliphatic heterocycles. The summed E-state index contributed by atoms with van der Waals surface area (Å²) in [5, 5.41) is 0. The third-order valence-corrected chi connectivity index (χ3v) is 6.09. The third kappa shape index (κ3) is 6.25. The molecule has 0 aliphatic rings. The number of carbonyl (C=O) groups is 1. The lowest BCUT2D eigenvalue weighted by atomic mass is 10.8. The Hall–Kier alpha value is 0.730. The van der Waals surface area contributed by atoms with Crippen LogP contribution in [0.1, 0.15) is 6.92 Å². The largest absolute Gasteiger partial charge is 0.438 e. The number of carbonyl (C=O) groups excluding carboxylic acids is 1. The molecule has 0 aromatic carbocycles. The Morgan fingerprint density at radius 1 is 1.44 bits per heavy atom. The van der Waals surface area contributed by atoms with Gasteiger partial charge < -0.3 is 4.74 Å². The van der Waals surface area contributed by atoms with E-state index >= 15 is 0 Å². The number of thioether (sulfide) groups is 1. The van der Waals surface area contributed by atoms with Crippen molar-refractivity contribution in [1.82, 2.24) is 4.31 Å². The Morgan fingerprint density at radius 2 is 1.94 bits per heavy atom. The molecule has 0 spiro atoms. The molecule has 5 nitrogen and oxygen atoms in total. The van der Waals surface area contributed by atoms with Crippen LogP contribution in [0.5, 0.6) is 0 Å². The van der Waals surface area contributed by atoms with Crippen LogP contribution < -0.4 is 0 Å². The zero-order chi connectivity index (χ0) is 14.6. The fraction of sp³-hybridized carbons (Fsp3) is 0.857. The van der Waals surface area contributed by atoms with Gasteiger partial charge in [-0.2, -0.15) is 0 Å². The van der Waals surface area contributed by atoms with Gasteiger partial charge in [-0.3, -0.25) is 0 Å². The van der Waals surface area contributed by atoms with Crippen molar-refractivity contribution in [2.24, 2.45) is 0 Å². The second-order valence-electron chi connectivity index (χ2n) is 2.96. The maximum absolute atomic E-state index is 11.4. The highest BCUT2D eigenvalue weighted by Crippen LogP contribution is 2.42. The predicted octanol–water partition coefficient (Wildman–Crippen LogP) is 3.03. The monoisotopic (exact) mass is 377 g/mol. The van der Waals surface area contributed by atoms with E-state index in [1.54, 1.807) is 0 Å². The number of ether oxygens (including phenoxy) is 1. The van der Waals surface area contributed by atoms with Crippen LogP contribution in [-0.2, 0) is 14.8 Å². The third-order valence-electron chi connectivity index (χ3n) is 1.58. The lowest BCUT2D eigenvalue weighted by Crippen LogP contribution is -2.36. The van der Waals surface area contributed by atoms with E-state index in [1.807, 2.05) is 0 Å². The fourth-order valence-electron chi connectivity index (χ4n) is 0.792. The highest BCUT2D eigenvalue weighted by atomic mass is 35.5. The number of hydrogen-bond donors (Lipinski definition) is 0. The van der Waals surface area contributed by atoms with Gasteiger partial charge in [0.25, 0.3) is 0 Å². The van der Waals surface area contributed by atoms with E-state index in [1.165, 1.54) is 6.92 Å². The summed E-state index contributed by atoms with van der Waals surface area (Å²) in [5.74, 6) is -0.284. The standard InChI is InChI=1S/C7H11Cl4NO4S2/c1-3-12(18(2,14)15)6(13)16-4-17-7(10,11)5(8)9/h5H,3-4H2,1-2H3. The van der Waals surface area contributed by atoms with Crippen LogP contribution in [0, 0.1) is 0 Å². The molecule has 0 N–H and O–H groups in total. The van der Waals surface area contributed by atoms with Crippen LogP contribution in [0.2, 0.25) is 0 Å². The second kappa shape index (κ2) is 7.50. The van der Waals surface area contributed by atoms with Crippen molar-refractivity contribution < 1.29 is 17.9 Å². The van der Waals surface area contributed by atoms with Gasteiger partial charge in [0.15, 0.2) is 3.67 Å². The highest BCUT2D eigenvalue weighted by Gasteiger charge is 2.34. The van der Waals surface area contributed by atoms with Crippen LogP contribution in [0.15, 0.2) is 0 Å². The Balaban J connectivity index is 4.36. The minimum absolute atomic E-state index is 0.0388. The first-order valence-electron chi connectivity index (χ1n) is 4.46. The zero-order valence-corrected chi connectivity index (χ0v) is 14.1. The van der Waals surface area contributed by atoms with Crippen LogP contribution in [0.3, 0.4) is 0 Å². The molecule has 0 aliphatic carbocycles. The van der Waals surface area contributed by atoms with Gasteiger partial charge in [-0.15, -0.1) is 23.2 Å². The molecule has 0 atom stereocenters. The quantitative estimate of drug-likeness (QED) is 0.525. The summed E-state index contributed by atoms with van der Waals surface area (Å²) in [5.41, 5.74) is 0. The number of halogens is 4. The van der Waals surface area contributed by atoms with Gasteiger partial charge in [-0.1, -0.05) is 35.0 Å². The fourth-order valence-corrected chi connectivity index (χ4v) is 2.67. The van der Waals surface area contributed by atoms with Gasteiger partial charge in [0.1, 0.15) is 10.8 Å². The van der Waals surface area contributed by atoms with Crippen molar-refractivity contribution in [2.75, 3.05) is 18.7 Å². The zero-order valence-electron chi connectivity index (χ0n) is 9.40. The van der Waals surface area contributed by atoms with Crippen molar-refractivity contribution in [3.63, 3.8) is 0 Å². The molecular formula is C7H11Cl4NO4S2. The van der Waals surface area contributed by atoms with Crippen molar-refractivity contribution in [3.05, 3.63) is 0 Å².